The number of hydrogen-bond donors (Lipinski definition) is 1. The van der Waals surface area contributed by atoms with Gasteiger partial charge in [-0.05, 0) is 44.1 Å². The van der Waals surface area contributed by atoms with Crippen LogP contribution >= 0.6 is 0 Å². The second kappa shape index (κ2) is 8.11. The lowest BCUT2D eigenvalue weighted by atomic mass is 9.77. The Morgan fingerprint density at radius 1 is 1.00 bits per heavy atom. The van der Waals surface area contributed by atoms with Crippen LogP contribution in [0.15, 0.2) is 0 Å². The molecule has 0 saturated carbocycles. The minimum atomic E-state index is 0.481. The maximum absolute atomic E-state index is 3.59. The van der Waals surface area contributed by atoms with E-state index in [1.54, 1.807) is 0 Å². The highest BCUT2D eigenvalue weighted by molar-refractivity contribution is 4.77. The molecule has 0 aliphatic rings. The van der Waals surface area contributed by atoms with Crippen LogP contribution < -0.4 is 5.32 Å². The van der Waals surface area contributed by atoms with E-state index in [-0.39, 0.29) is 0 Å². The second-order valence-electron chi connectivity index (χ2n) is 6.32. The minimum absolute atomic E-state index is 0.481. The van der Waals surface area contributed by atoms with E-state index in [0.29, 0.717) is 11.5 Å². The normalized spacial score (nSPS) is 16.1. The molecule has 0 aromatic heterocycles. The quantitative estimate of drug-likeness (QED) is 0.606. The van der Waals surface area contributed by atoms with Crippen molar-refractivity contribution in [3.8, 4) is 0 Å². The minimum Gasteiger partial charge on any atom is -0.314 e. The van der Waals surface area contributed by atoms with Crippen LogP contribution in [0.1, 0.15) is 73.6 Å². The Hall–Kier alpha value is -0.0400. The fourth-order valence-corrected chi connectivity index (χ4v) is 2.91. The van der Waals surface area contributed by atoms with Crippen LogP contribution in [0.5, 0.6) is 0 Å². The lowest BCUT2D eigenvalue weighted by molar-refractivity contribution is 0.224. The molecular formula is C15H33N. The van der Waals surface area contributed by atoms with Gasteiger partial charge in [-0.15, -0.1) is 0 Å². The van der Waals surface area contributed by atoms with E-state index >= 15 is 0 Å². The van der Waals surface area contributed by atoms with Crippen LogP contribution in [-0.4, -0.2) is 12.6 Å². The van der Waals surface area contributed by atoms with Gasteiger partial charge in [-0.25, -0.2) is 0 Å². The van der Waals surface area contributed by atoms with Gasteiger partial charge in [0, 0.05) is 6.04 Å². The first-order valence-electron chi connectivity index (χ1n) is 7.14. The van der Waals surface area contributed by atoms with E-state index in [2.05, 4.69) is 46.9 Å². The summed E-state index contributed by atoms with van der Waals surface area (Å²) in [5.74, 6) is 0.873. The molecule has 0 aliphatic carbocycles. The van der Waals surface area contributed by atoms with Gasteiger partial charge in [0.15, 0.2) is 0 Å². The zero-order valence-electron chi connectivity index (χ0n) is 12.4. The zero-order valence-corrected chi connectivity index (χ0v) is 12.4. The van der Waals surface area contributed by atoms with Crippen LogP contribution in [0.25, 0.3) is 0 Å². The van der Waals surface area contributed by atoms with Gasteiger partial charge in [0.25, 0.3) is 0 Å². The predicted octanol–water partition coefficient (Wildman–Crippen LogP) is 4.62. The molecule has 0 spiro atoms. The Kier molecular flexibility index (Phi) is 8.09. The van der Waals surface area contributed by atoms with E-state index < -0.39 is 0 Å². The molecule has 1 N–H and O–H groups in total. The molecule has 0 radical (unpaired) electrons. The average molecular weight is 227 g/mol. The van der Waals surface area contributed by atoms with Crippen molar-refractivity contribution in [1.29, 1.82) is 0 Å². The standard InChI is InChI=1S/C15H33N/c1-7-9-13(3)11-15(5,6)12-14(4)16-10-8-2/h13-14,16H,7-12H2,1-6H3. The molecule has 0 bridgehead atoms. The maximum atomic E-state index is 3.59. The fraction of sp³-hybridized carbons (Fsp3) is 1.00. The van der Waals surface area contributed by atoms with Crippen molar-refractivity contribution in [1.82, 2.24) is 5.32 Å². The summed E-state index contributed by atoms with van der Waals surface area (Å²) in [5, 5.41) is 3.59. The van der Waals surface area contributed by atoms with Gasteiger partial charge in [0.05, 0.1) is 0 Å². The molecule has 0 aromatic carbocycles. The molecule has 0 rings (SSSR count). The summed E-state index contributed by atoms with van der Waals surface area (Å²) in [7, 11) is 0. The van der Waals surface area contributed by atoms with Crippen molar-refractivity contribution in [3.63, 3.8) is 0 Å². The lowest BCUT2D eigenvalue weighted by Crippen LogP contribution is -2.32. The highest BCUT2D eigenvalue weighted by Crippen LogP contribution is 2.32. The van der Waals surface area contributed by atoms with Crippen LogP contribution in [0.3, 0.4) is 0 Å². The van der Waals surface area contributed by atoms with Gasteiger partial charge >= 0.3 is 0 Å². The first kappa shape index (κ1) is 16.0. The Labute approximate surface area is 103 Å². The number of rotatable bonds is 9. The predicted molar refractivity (Wildman–Crippen MR) is 74.8 cm³/mol. The SMILES string of the molecule is CCCNC(C)CC(C)(C)CC(C)CCC. The van der Waals surface area contributed by atoms with Crippen molar-refractivity contribution < 1.29 is 0 Å². The van der Waals surface area contributed by atoms with Crippen LogP contribution in [0.2, 0.25) is 0 Å². The number of nitrogens with one attached hydrogen (secondary N) is 1. The Bertz CT molecular complexity index is 163. The molecule has 0 fully saturated rings. The van der Waals surface area contributed by atoms with Crippen molar-refractivity contribution in [2.45, 2.75) is 79.7 Å². The van der Waals surface area contributed by atoms with Gasteiger partial charge in [0.1, 0.15) is 0 Å². The van der Waals surface area contributed by atoms with Gasteiger partial charge in [-0.2, -0.15) is 0 Å². The molecule has 0 heterocycles. The third-order valence-electron chi connectivity index (χ3n) is 3.28. The van der Waals surface area contributed by atoms with Gasteiger partial charge in [0.2, 0.25) is 0 Å². The Balaban J connectivity index is 3.92. The topological polar surface area (TPSA) is 12.0 Å². The first-order chi connectivity index (χ1) is 7.41. The molecule has 98 valence electrons. The average Bonchev–Trinajstić information content (AvgIpc) is 2.13. The van der Waals surface area contributed by atoms with Crippen molar-refractivity contribution in [2.75, 3.05) is 6.54 Å². The summed E-state index contributed by atoms with van der Waals surface area (Å²) in [6.07, 6.45) is 6.58. The van der Waals surface area contributed by atoms with Crippen LogP contribution in [0, 0.1) is 11.3 Å². The molecular weight excluding hydrogens is 194 g/mol. The highest BCUT2D eigenvalue weighted by atomic mass is 14.9. The molecule has 0 amide bonds. The summed E-state index contributed by atoms with van der Waals surface area (Å²) in [5.41, 5.74) is 0.481. The van der Waals surface area contributed by atoms with Gasteiger partial charge in [-0.3, -0.25) is 0 Å². The summed E-state index contributed by atoms with van der Waals surface area (Å²) in [6.45, 7) is 15.2. The van der Waals surface area contributed by atoms with E-state index in [9.17, 15) is 0 Å². The molecule has 16 heavy (non-hydrogen) atoms. The van der Waals surface area contributed by atoms with E-state index in [1.807, 2.05) is 0 Å². The summed E-state index contributed by atoms with van der Waals surface area (Å²) in [4.78, 5) is 0. The summed E-state index contributed by atoms with van der Waals surface area (Å²) >= 11 is 0. The molecule has 2 atom stereocenters. The molecule has 0 aliphatic heterocycles. The third kappa shape index (κ3) is 8.15. The van der Waals surface area contributed by atoms with Gasteiger partial charge in [-0.1, -0.05) is 47.5 Å². The zero-order chi connectivity index (χ0) is 12.6. The second-order valence-corrected chi connectivity index (χ2v) is 6.32. The molecule has 0 saturated heterocycles. The third-order valence-corrected chi connectivity index (χ3v) is 3.28. The lowest BCUT2D eigenvalue weighted by Gasteiger charge is -2.31. The Morgan fingerprint density at radius 3 is 2.12 bits per heavy atom. The first-order valence-corrected chi connectivity index (χ1v) is 7.14. The molecule has 1 nitrogen and oxygen atoms in total. The van der Waals surface area contributed by atoms with Crippen molar-refractivity contribution in [3.05, 3.63) is 0 Å². The summed E-state index contributed by atoms with van der Waals surface area (Å²) in [6, 6.07) is 0.656. The van der Waals surface area contributed by atoms with Crippen LogP contribution in [-0.2, 0) is 0 Å². The smallest absolute Gasteiger partial charge is 0.00438 e. The highest BCUT2D eigenvalue weighted by Gasteiger charge is 2.23. The number of hydrogen-bond acceptors (Lipinski definition) is 1. The molecule has 0 aromatic rings. The summed E-state index contributed by atoms with van der Waals surface area (Å²) < 4.78 is 0. The molecule has 1 heteroatoms. The van der Waals surface area contributed by atoms with Crippen LogP contribution in [0.4, 0.5) is 0 Å². The van der Waals surface area contributed by atoms with E-state index in [4.69, 9.17) is 0 Å². The maximum Gasteiger partial charge on any atom is 0.00438 e. The van der Waals surface area contributed by atoms with Crippen molar-refractivity contribution >= 4 is 0 Å². The van der Waals surface area contributed by atoms with Gasteiger partial charge < -0.3 is 5.32 Å². The largest absolute Gasteiger partial charge is 0.314 e. The Morgan fingerprint density at radius 2 is 1.62 bits per heavy atom. The fourth-order valence-electron chi connectivity index (χ4n) is 2.91. The van der Waals surface area contributed by atoms with Crippen molar-refractivity contribution in [2.24, 2.45) is 11.3 Å². The van der Waals surface area contributed by atoms with E-state index in [0.717, 1.165) is 12.5 Å². The van der Waals surface area contributed by atoms with E-state index in [1.165, 1.54) is 32.1 Å². The molecule has 2 unspecified atom stereocenters. The monoisotopic (exact) mass is 227 g/mol.